The summed E-state index contributed by atoms with van der Waals surface area (Å²) in [5.74, 6) is -1.78. The van der Waals surface area contributed by atoms with Gasteiger partial charge >= 0.3 is 5.97 Å². The number of aromatic nitrogens is 5. The van der Waals surface area contributed by atoms with Crippen LogP contribution < -0.4 is 10.6 Å². The molecule has 1 aliphatic heterocycles. The molecule has 1 aliphatic rings. The maximum atomic E-state index is 14.5. The van der Waals surface area contributed by atoms with E-state index in [4.69, 9.17) is 10.5 Å². The molecule has 2 aromatic carbocycles. The number of aliphatic carboxylic acids is 1. The fourth-order valence-corrected chi connectivity index (χ4v) is 5.79. The molecule has 0 spiro atoms. The van der Waals surface area contributed by atoms with E-state index < -0.39 is 23.6 Å². The molecule has 1 fully saturated rings. The van der Waals surface area contributed by atoms with E-state index >= 15 is 0 Å². The van der Waals surface area contributed by atoms with E-state index in [1.807, 2.05) is 42.1 Å². The molecular formula is C31H31F2N7O3. The van der Waals surface area contributed by atoms with E-state index in [1.54, 1.807) is 15.5 Å². The number of hydrogen-bond donors (Lipinski definition) is 2. The molecule has 43 heavy (non-hydrogen) atoms. The van der Waals surface area contributed by atoms with Gasteiger partial charge in [-0.15, -0.1) is 0 Å². The molecule has 5 aromatic rings. The van der Waals surface area contributed by atoms with Gasteiger partial charge in [-0.2, -0.15) is 5.10 Å². The first-order valence-corrected chi connectivity index (χ1v) is 14.1. The minimum atomic E-state index is -0.997. The highest BCUT2D eigenvalue weighted by molar-refractivity contribution is 5.90. The monoisotopic (exact) mass is 587 g/mol. The number of carbonyl (C=O) groups is 1. The zero-order valence-electron chi connectivity index (χ0n) is 23.5. The summed E-state index contributed by atoms with van der Waals surface area (Å²) in [5.41, 5.74) is 9.44. The van der Waals surface area contributed by atoms with Crippen LogP contribution in [0.25, 0.3) is 33.9 Å². The topological polar surface area (TPSA) is 124 Å². The number of imidazole rings is 1. The maximum absolute atomic E-state index is 14.5. The molecule has 12 heteroatoms. The van der Waals surface area contributed by atoms with Crippen molar-refractivity contribution in [2.24, 2.45) is 12.8 Å². The van der Waals surface area contributed by atoms with Crippen LogP contribution in [0.15, 0.2) is 61.1 Å². The number of anilines is 1. The number of fused-ring (bicyclic) bond motifs is 2. The molecular weight excluding hydrogens is 556 g/mol. The minimum absolute atomic E-state index is 0.122. The summed E-state index contributed by atoms with van der Waals surface area (Å²) in [4.78, 5) is 22.7. The van der Waals surface area contributed by atoms with Crippen LogP contribution in [-0.2, 0) is 23.0 Å². The number of hydrogen-bond acceptors (Lipinski definition) is 7. The number of carboxylic acid groups (broad SMARTS) is 1. The zero-order valence-corrected chi connectivity index (χ0v) is 23.5. The average Bonchev–Trinajstić information content (AvgIpc) is 3.69. The van der Waals surface area contributed by atoms with Crippen LogP contribution in [0.3, 0.4) is 0 Å². The number of ether oxygens (including phenoxy) is 1. The Balaban J connectivity index is 1.20. The van der Waals surface area contributed by atoms with Gasteiger partial charge in [-0.3, -0.25) is 9.08 Å². The average molecular weight is 588 g/mol. The standard InChI is InChI=1S/C31H31F2N7O3/c1-38-25(8-3-11-34)28-19(5-2-7-24(28)37-38)6-4-14-43-21-16-26(31(41)42)40(18-21)30-27-17-36-29(39(27)13-12-35-30)22-10-9-20(32)15-23(22)33/h2,4-7,9-10,12-13,15,17,21,26H,3,8,11,14,16,18,34H2,1H3,(H,41,42)/t21-,26-/m0/s1. The van der Waals surface area contributed by atoms with E-state index in [-0.39, 0.29) is 30.5 Å². The smallest absolute Gasteiger partial charge is 0.326 e. The normalized spacial score (nSPS) is 17.2. The molecule has 1 saturated heterocycles. The van der Waals surface area contributed by atoms with Crippen molar-refractivity contribution in [3.8, 4) is 11.4 Å². The van der Waals surface area contributed by atoms with Crippen molar-refractivity contribution in [3.05, 3.63) is 84.0 Å². The third-order valence-electron chi connectivity index (χ3n) is 7.79. The van der Waals surface area contributed by atoms with Crippen LogP contribution in [0.2, 0.25) is 0 Å². The highest BCUT2D eigenvalue weighted by Crippen LogP contribution is 2.32. The number of nitrogens with two attached hydrogens (primary N) is 1. The molecule has 0 aliphatic carbocycles. The molecule has 3 N–H and O–H groups in total. The highest BCUT2D eigenvalue weighted by atomic mass is 19.1. The Morgan fingerprint density at radius 2 is 2.09 bits per heavy atom. The highest BCUT2D eigenvalue weighted by Gasteiger charge is 2.39. The van der Waals surface area contributed by atoms with E-state index in [9.17, 15) is 18.7 Å². The Morgan fingerprint density at radius 1 is 1.23 bits per heavy atom. The second-order valence-electron chi connectivity index (χ2n) is 10.5. The Morgan fingerprint density at radius 3 is 2.88 bits per heavy atom. The zero-order chi connectivity index (χ0) is 30.1. The van der Waals surface area contributed by atoms with Gasteiger partial charge in [0.05, 0.1) is 30.0 Å². The SMILES string of the molecule is Cn1nc2cccc(C=CCO[C@H]3C[C@@H](C(=O)O)N(c4nccn5c(-c6ccc(F)cc6F)ncc45)C3)c2c1CCCN. The number of halogens is 2. The predicted molar refractivity (Wildman–Crippen MR) is 159 cm³/mol. The van der Waals surface area contributed by atoms with Gasteiger partial charge in [-0.1, -0.05) is 24.3 Å². The summed E-state index contributed by atoms with van der Waals surface area (Å²) in [6.45, 7) is 1.19. The van der Waals surface area contributed by atoms with E-state index in [0.29, 0.717) is 24.4 Å². The number of carboxylic acids is 1. The summed E-state index contributed by atoms with van der Waals surface area (Å²) < 4.78 is 37.7. The van der Waals surface area contributed by atoms with Gasteiger partial charge in [0.15, 0.2) is 5.82 Å². The quantitative estimate of drug-likeness (QED) is 0.249. The summed E-state index contributed by atoms with van der Waals surface area (Å²) in [6, 6.07) is 8.40. The molecule has 4 heterocycles. The van der Waals surface area contributed by atoms with Gasteiger partial charge in [0, 0.05) is 49.6 Å². The Bertz CT molecular complexity index is 1830. The first-order chi connectivity index (χ1) is 20.9. The van der Waals surface area contributed by atoms with Crippen molar-refractivity contribution < 1.29 is 23.4 Å². The molecule has 2 atom stereocenters. The van der Waals surface area contributed by atoms with E-state index in [1.165, 1.54) is 18.5 Å². The van der Waals surface area contributed by atoms with Crippen LogP contribution in [0.5, 0.6) is 0 Å². The molecule has 6 rings (SSSR count). The Labute approximate surface area is 246 Å². The molecule has 0 radical (unpaired) electrons. The molecule has 0 saturated carbocycles. The lowest BCUT2D eigenvalue weighted by Gasteiger charge is -2.23. The fraction of sp³-hybridized carbons (Fsp3) is 0.290. The van der Waals surface area contributed by atoms with Crippen molar-refractivity contribution >= 4 is 34.3 Å². The van der Waals surface area contributed by atoms with Gasteiger partial charge < -0.3 is 20.5 Å². The number of benzene rings is 2. The summed E-state index contributed by atoms with van der Waals surface area (Å²) in [6.07, 6.45) is 10.2. The summed E-state index contributed by atoms with van der Waals surface area (Å²) in [7, 11) is 1.94. The van der Waals surface area contributed by atoms with Gasteiger partial charge in [-0.05, 0) is 43.1 Å². The van der Waals surface area contributed by atoms with Crippen LogP contribution in [-0.4, -0.2) is 67.1 Å². The lowest BCUT2D eigenvalue weighted by Crippen LogP contribution is -2.36. The van der Waals surface area contributed by atoms with Crippen molar-refractivity contribution in [1.29, 1.82) is 0 Å². The minimum Gasteiger partial charge on any atom is -0.480 e. The van der Waals surface area contributed by atoms with Crippen molar-refractivity contribution in [2.75, 3.05) is 24.6 Å². The lowest BCUT2D eigenvalue weighted by molar-refractivity contribution is -0.138. The second kappa shape index (κ2) is 11.9. The van der Waals surface area contributed by atoms with Crippen LogP contribution >= 0.6 is 0 Å². The maximum Gasteiger partial charge on any atom is 0.326 e. The molecule has 222 valence electrons. The Kier molecular flexibility index (Phi) is 7.87. The second-order valence-corrected chi connectivity index (χ2v) is 10.5. The van der Waals surface area contributed by atoms with Crippen LogP contribution in [0.1, 0.15) is 24.1 Å². The van der Waals surface area contributed by atoms with Crippen LogP contribution in [0.4, 0.5) is 14.6 Å². The lowest BCUT2D eigenvalue weighted by atomic mass is 10.0. The summed E-state index contributed by atoms with van der Waals surface area (Å²) in [5, 5.41) is 15.8. The third-order valence-corrected chi connectivity index (χ3v) is 7.79. The largest absolute Gasteiger partial charge is 0.480 e. The first kappa shape index (κ1) is 28.4. The Hall–Kier alpha value is -4.68. The van der Waals surface area contributed by atoms with E-state index in [0.717, 1.165) is 47.1 Å². The molecule has 0 amide bonds. The van der Waals surface area contributed by atoms with Crippen molar-refractivity contribution in [2.45, 2.75) is 31.4 Å². The van der Waals surface area contributed by atoms with Gasteiger partial charge in [0.25, 0.3) is 0 Å². The summed E-state index contributed by atoms with van der Waals surface area (Å²) >= 11 is 0. The third kappa shape index (κ3) is 5.46. The van der Waals surface area contributed by atoms with E-state index in [2.05, 4.69) is 15.1 Å². The van der Waals surface area contributed by atoms with Gasteiger partial charge in [0.1, 0.15) is 29.0 Å². The predicted octanol–water partition coefficient (Wildman–Crippen LogP) is 4.21. The number of nitrogens with zero attached hydrogens (tertiary/aromatic N) is 6. The van der Waals surface area contributed by atoms with Crippen LogP contribution in [0, 0.1) is 11.6 Å². The molecule has 0 unspecified atom stereocenters. The van der Waals surface area contributed by atoms with Gasteiger partial charge in [-0.25, -0.2) is 23.5 Å². The number of aryl methyl sites for hydroxylation is 2. The van der Waals surface area contributed by atoms with Crippen molar-refractivity contribution in [1.82, 2.24) is 24.1 Å². The molecule has 0 bridgehead atoms. The molecule has 3 aromatic heterocycles. The first-order valence-electron chi connectivity index (χ1n) is 14.1. The fourth-order valence-electron chi connectivity index (χ4n) is 5.79. The van der Waals surface area contributed by atoms with Crippen molar-refractivity contribution in [3.63, 3.8) is 0 Å². The number of rotatable bonds is 10. The molecule has 10 nitrogen and oxygen atoms in total. The van der Waals surface area contributed by atoms with Gasteiger partial charge in [0.2, 0.25) is 0 Å².